The van der Waals surface area contributed by atoms with Crippen molar-refractivity contribution in [1.29, 1.82) is 0 Å². The van der Waals surface area contributed by atoms with Gasteiger partial charge in [-0.3, -0.25) is 46.0 Å². The largest absolute Gasteiger partial charge is 0.433 e. The number of non-ortho nitro benzene ring substituents is 1. The van der Waals surface area contributed by atoms with E-state index < -0.39 is 43.7 Å². The van der Waals surface area contributed by atoms with E-state index in [0.29, 0.717) is 6.07 Å². The molecule has 2 N–H and O–H groups in total. The summed E-state index contributed by atoms with van der Waals surface area (Å²) in [5.74, 6) is -1.99. The number of hydrogen-bond donors (Lipinski definition) is 2. The topological polar surface area (TPSA) is 184 Å². The molecule has 124 valence electrons. The lowest BCUT2D eigenvalue weighted by molar-refractivity contribution is -0.402. The first-order valence-corrected chi connectivity index (χ1v) is 6.03. The lowest BCUT2D eigenvalue weighted by atomic mass is 10.2. The first-order chi connectivity index (χ1) is 11.3. The molecule has 0 aliphatic rings. The van der Waals surface area contributed by atoms with Crippen LogP contribution in [0, 0.1) is 30.3 Å². The molecule has 0 saturated heterocycles. The highest BCUT2D eigenvalue weighted by atomic mass is 16.7. The number of hydrogen-bond acceptors (Lipinski definition) is 9. The molecule has 13 nitrogen and oxygen atoms in total. The molecule has 0 bridgehead atoms. The zero-order chi connectivity index (χ0) is 17.9. The van der Waals surface area contributed by atoms with Gasteiger partial charge in [0.2, 0.25) is 5.76 Å². The van der Waals surface area contributed by atoms with Gasteiger partial charge in [-0.05, 0) is 12.1 Å². The molecule has 0 radical (unpaired) electrons. The summed E-state index contributed by atoms with van der Waals surface area (Å²) in [6, 6.07) is 4.75. The third-order valence-corrected chi connectivity index (χ3v) is 2.70. The number of nitrogens with zero attached hydrogens (tertiary/aromatic N) is 3. The van der Waals surface area contributed by atoms with Crippen LogP contribution >= 0.6 is 0 Å². The average molecular weight is 337 g/mol. The number of anilines is 1. The fourth-order valence-corrected chi connectivity index (χ4v) is 1.62. The molecule has 2 aromatic rings. The fraction of sp³-hybridized carbons (Fsp3) is 0. The number of furan rings is 1. The van der Waals surface area contributed by atoms with Gasteiger partial charge in [-0.1, -0.05) is 0 Å². The molecular formula is C11H7N5O8. The van der Waals surface area contributed by atoms with Crippen molar-refractivity contribution in [2.24, 2.45) is 0 Å². The van der Waals surface area contributed by atoms with Crippen LogP contribution in [0.4, 0.5) is 22.9 Å². The Morgan fingerprint density at radius 1 is 0.958 bits per heavy atom. The van der Waals surface area contributed by atoms with Gasteiger partial charge in [-0.25, -0.2) is 0 Å². The maximum absolute atomic E-state index is 11.7. The predicted octanol–water partition coefficient (Wildman–Crippen LogP) is 1.76. The van der Waals surface area contributed by atoms with E-state index in [9.17, 15) is 35.1 Å². The highest BCUT2D eigenvalue weighted by Crippen LogP contribution is 2.28. The minimum absolute atomic E-state index is 0.222. The molecule has 0 aliphatic heterocycles. The van der Waals surface area contributed by atoms with Crippen molar-refractivity contribution in [3.8, 4) is 0 Å². The van der Waals surface area contributed by atoms with Crippen LogP contribution in [0.5, 0.6) is 0 Å². The number of amides is 1. The van der Waals surface area contributed by atoms with Gasteiger partial charge in [-0.15, -0.1) is 0 Å². The van der Waals surface area contributed by atoms with E-state index in [4.69, 9.17) is 0 Å². The molecule has 0 aliphatic carbocycles. The van der Waals surface area contributed by atoms with Crippen molar-refractivity contribution in [2.45, 2.75) is 0 Å². The van der Waals surface area contributed by atoms with E-state index in [1.54, 1.807) is 0 Å². The number of benzene rings is 1. The molecule has 24 heavy (non-hydrogen) atoms. The molecule has 0 spiro atoms. The molecule has 0 saturated carbocycles. The van der Waals surface area contributed by atoms with Crippen LogP contribution in [0.1, 0.15) is 10.6 Å². The third kappa shape index (κ3) is 3.41. The standard InChI is InChI=1S/C11H7N5O8/c17-11(9-3-4-10(24-9)16(22)23)13-12-7-2-1-6(14(18)19)5-8(7)15(20)21/h1-5,12H,(H,13,17). The highest BCUT2D eigenvalue weighted by Gasteiger charge is 2.21. The second-order valence-electron chi connectivity index (χ2n) is 4.19. The van der Waals surface area contributed by atoms with Gasteiger partial charge in [0, 0.05) is 6.07 Å². The summed E-state index contributed by atoms with van der Waals surface area (Å²) in [6.45, 7) is 0. The summed E-state index contributed by atoms with van der Waals surface area (Å²) in [7, 11) is 0. The van der Waals surface area contributed by atoms with E-state index in [0.717, 1.165) is 24.3 Å². The summed E-state index contributed by atoms with van der Waals surface area (Å²) in [6.07, 6.45) is 0. The van der Waals surface area contributed by atoms with E-state index in [1.807, 2.05) is 5.43 Å². The zero-order valence-electron chi connectivity index (χ0n) is 11.5. The second kappa shape index (κ2) is 6.39. The number of nitrogens with one attached hydrogen (secondary N) is 2. The van der Waals surface area contributed by atoms with Crippen LogP contribution in [0.3, 0.4) is 0 Å². The summed E-state index contributed by atoms with van der Waals surface area (Å²) in [5.41, 5.74) is 2.87. The Labute approximate surface area is 131 Å². The first kappa shape index (κ1) is 16.3. The Balaban J connectivity index is 2.15. The predicted molar refractivity (Wildman–Crippen MR) is 76.2 cm³/mol. The summed E-state index contributed by atoms with van der Waals surface area (Å²) >= 11 is 0. The lowest BCUT2D eigenvalue weighted by Crippen LogP contribution is -2.29. The normalized spacial score (nSPS) is 10.0. The monoisotopic (exact) mass is 337 g/mol. The smallest absolute Gasteiger partial charge is 0.395 e. The van der Waals surface area contributed by atoms with E-state index >= 15 is 0 Å². The number of carbonyl (C=O) groups is 1. The number of rotatable bonds is 6. The van der Waals surface area contributed by atoms with Crippen LogP contribution in [-0.4, -0.2) is 20.7 Å². The van der Waals surface area contributed by atoms with Crippen molar-refractivity contribution in [2.75, 3.05) is 5.43 Å². The Hall–Kier alpha value is -4.03. The maximum atomic E-state index is 11.7. The molecule has 1 amide bonds. The van der Waals surface area contributed by atoms with Gasteiger partial charge in [-0.2, -0.15) is 0 Å². The summed E-state index contributed by atoms with van der Waals surface area (Å²) < 4.78 is 4.65. The molecule has 0 atom stereocenters. The molecule has 2 rings (SSSR count). The van der Waals surface area contributed by atoms with Crippen LogP contribution in [0.25, 0.3) is 0 Å². The van der Waals surface area contributed by atoms with Crippen LogP contribution in [0.2, 0.25) is 0 Å². The van der Waals surface area contributed by atoms with Crippen molar-refractivity contribution in [3.63, 3.8) is 0 Å². The fourth-order valence-electron chi connectivity index (χ4n) is 1.62. The van der Waals surface area contributed by atoms with Gasteiger partial charge in [0.25, 0.3) is 5.69 Å². The second-order valence-corrected chi connectivity index (χ2v) is 4.19. The maximum Gasteiger partial charge on any atom is 0.433 e. The molecule has 1 aromatic carbocycles. The van der Waals surface area contributed by atoms with Crippen molar-refractivity contribution >= 4 is 28.9 Å². The Morgan fingerprint density at radius 3 is 2.21 bits per heavy atom. The van der Waals surface area contributed by atoms with E-state index in [1.165, 1.54) is 0 Å². The molecule has 13 heteroatoms. The van der Waals surface area contributed by atoms with Gasteiger partial charge >= 0.3 is 17.5 Å². The molecule has 1 aromatic heterocycles. The van der Waals surface area contributed by atoms with Crippen LogP contribution in [0.15, 0.2) is 34.7 Å². The zero-order valence-corrected chi connectivity index (χ0v) is 11.5. The third-order valence-electron chi connectivity index (χ3n) is 2.70. The summed E-state index contributed by atoms with van der Waals surface area (Å²) in [4.78, 5) is 41.2. The van der Waals surface area contributed by atoms with Gasteiger partial charge in [0.05, 0.1) is 22.0 Å². The number of nitro benzene ring substituents is 2. The molecule has 0 fully saturated rings. The lowest BCUT2D eigenvalue weighted by Gasteiger charge is -2.07. The Morgan fingerprint density at radius 2 is 1.67 bits per heavy atom. The Bertz CT molecular complexity index is 845. The minimum atomic E-state index is -0.934. The molecular weight excluding hydrogens is 330 g/mol. The van der Waals surface area contributed by atoms with Gasteiger partial charge in [0.15, 0.2) is 0 Å². The van der Waals surface area contributed by atoms with Gasteiger partial charge < -0.3 is 4.42 Å². The average Bonchev–Trinajstić information content (AvgIpc) is 3.02. The van der Waals surface area contributed by atoms with E-state index in [-0.39, 0.29) is 5.69 Å². The highest BCUT2D eigenvalue weighted by molar-refractivity contribution is 5.92. The molecule has 1 heterocycles. The number of carbonyl (C=O) groups excluding carboxylic acids is 1. The van der Waals surface area contributed by atoms with Crippen molar-refractivity contribution in [3.05, 3.63) is 66.4 Å². The van der Waals surface area contributed by atoms with E-state index in [2.05, 4.69) is 9.84 Å². The van der Waals surface area contributed by atoms with Gasteiger partial charge in [0.1, 0.15) is 10.6 Å². The molecule has 0 unspecified atom stereocenters. The number of nitro groups is 3. The minimum Gasteiger partial charge on any atom is -0.395 e. The van der Waals surface area contributed by atoms with Crippen molar-refractivity contribution < 1.29 is 24.0 Å². The quantitative estimate of drug-likeness (QED) is 0.585. The first-order valence-electron chi connectivity index (χ1n) is 6.03. The van der Waals surface area contributed by atoms with Crippen LogP contribution in [-0.2, 0) is 0 Å². The van der Waals surface area contributed by atoms with Crippen LogP contribution < -0.4 is 10.9 Å². The summed E-state index contributed by atoms with van der Waals surface area (Å²) in [5, 5.41) is 32.0. The number of hydrazine groups is 1. The van der Waals surface area contributed by atoms with Crippen molar-refractivity contribution in [1.82, 2.24) is 5.43 Å². The Kier molecular flexibility index (Phi) is 4.35. The SMILES string of the molecule is O=C(NNc1ccc([N+](=O)[O-])cc1[N+](=O)[O-])c1ccc([N+](=O)[O-])o1.